The molecule has 0 bridgehead atoms. The summed E-state index contributed by atoms with van der Waals surface area (Å²) in [7, 11) is 0. The maximum atomic E-state index is 8.42. The van der Waals surface area contributed by atoms with Crippen molar-refractivity contribution in [3.8, 4) is 78.6 Å². The summed E-state index contributed by atoms with van der Waals surface area (Å²) < 4.78 is 16.7. The van der Waals surface area contributed by atoms with Gasteiger partial charge in [-0.1, -0.05) is 291 Å². The Kier molecular flexibility index (Phi) is 14.7. The Balaban J connectivity index is 0.934. The highest BCUT2D eigenvalue weighted by molar-refractivity contribution is 7.02. The van der Waals surface area contributed by atoms with Gasteiger partial charge < -0.3 is 29.1 Å². The molecule has 0 atom stereocenters. The van der Waals surface area contributed by atoms with Gasteiger partial charge >= 0.3 is 0 Å². The van der Waals surface area contributed by atoms with Crippen molar-refractivity contribution in [1.29, 1.82) is 0 Å². The molecule has 104 heavy (non-hydrogen) atoms. The first-order valence-electron chi connectivity index (χ1n) is 35.7. The third-order valence-electron chi connectivity index (χ3n) is 21.1. The van der Waals surface area contributed by atoms with Crippen molar-refractivity contribution >= 4 is 114 Å². The van der Waals surface area contributed by atoms with E-state index in [1.807, 2.05) is 0 Å². The fraction of sp³-hybridized carbons (Fsp3) is 0. The van der Waals surface area contributed by atoms with E-state index in [2.05, 4.69) is 408 Å². The normalized spacial score (nSPS) is 12.5. The van der Waals surface area contributed by atoms with Crippen molar-refractivity contribution in [2.75, 3.05) is 19.6 Å². The molecule has 0 aliphatic carbocycles. The van der Waals surface area contributed by atoms with Gasteiger partial charge in [0.25, 0.3) is 13.4 Å². The summed E-state index contributed by atoms with van der Waals surface area (Å²) in [5, 5.41) is 0. The van der Waals surface area contributed by atoms with Crippen molar-refractivity contribution in [3.63, 3.8) is 0 Å². The lowest BCUT2D eigenvalue weighted by molar-refractivity contribution is 0.469. The minimum atomic E-state index is -0.377. The van der Waals surface area contributed by atoms with Gasteiger partial charge in [-0.3, -0.25) is 0 Å². The maximum Gasteiger partial charge on any atom is 0.256 e. The van der Waals surface area contributed by atoms with Gasteiger partial charge in [0, 0.05) is 80.0 Å². The molecule has 4 heterocycles. The molecule has 4 aliphatic heterocycles. The lowest BCUT2D eigenvalue weighted by Crippen LogP contribution is -2.63. The number of benzene rings is 16. The minimum absolute atomic E-state index is 0.334. The number of nitrogens with zero attached hydrogens (tertiary/aromatic N) is 4. The van der Waals surface area contributed by atoms with Crippen LogP contribution in [-0.4, -0.2) is 13.4 Å². The van der Waals surface area contributed by atoms with Crippen LogP contribution < -0.4 is 61.9 Å². The first-order chi connectivity index (χ1) is 51.7. The van der Waals surface area contributed by atoms with Crippen LogP contribution in [0.5, 0.6) is 23.0 Å². The molecule has 0 N–H and O–H groups in total. The highest BCUT2D eigenvalue weighted by Gasteiger charge is 2.50. The number of hydrogen-bond acceptors (Lipinski definition) is 6. The summed E-state index contributed by atoms with van der Waals surface area (Å²) in [6.45, 7) is -0.712. The van der Waals surface area contributed by atoms with Crippen LogP contribution in [0.15, 0.2) is 388 Å². The van der Waals surface area contributed by atoms with Gasteiger partial charge in [0.1, 0.15) is 23.0 Å². The molecule has 16 aromatic carbocycles. The van der Waals surface area contributed by atoms with E-state index >= 15 is 0 Å². The molecular formula is C96H64B2N4O2. The summed E-state index contributed by atoms with van der Waals surface area (Å²) in [5.74, 6) is 2.98. The van der Waals surface area contributed by atoms with Crippen molar-refractivity contribution in [2.45, 2.75) is 0 Å². The summed E-state index contributed by atoms with van der Waals surface area (Å²) in [5.41, 5.74) is 29.4. The largest absolute Gasteiger partial charge is 0.457 e. The highest BCUT2D eigenvalue weighted by Crippen LogP contribution is 2.56. The molecule has 0 unspecified atom stereocenters. The van der Waals surface area contributed by atoms with Gasteiger partial charge in [-0.25, -0.2) is 0 Å². The van der Waals surface area contributed by atoms with Crippen LogP contribution >= 0.6 is 0 Å². The number of anilines is 12. The second-order valence-electron chi connectivity index (χ2n) is 26.9. The van der Waals surface area contributed by atoms with E-state index in [9.17, 15) is 0 Å². The third-order valence-corrected chi connectivity index (χ3v) is 21.1. The standard InChI is InChI=1S/C96H64B2N4O2/c1-10-34-65(35-11-1)76-52-32-53-77(66-36-12-2-13-37-66)90(76)91-95-82(97-80-56-28-30-58-84(80)101(73-50-26-9-27-51-73)86-60-74(62-88(103-95)92(86)97)99(69-42-18-5-19-43-69)70-44-20-6-21-45-70)64-83-96(91)104-89-63-75(100(71-46-22-7-23-47-71)72-48-24-8-25-49-72)61-87-93(89)98(83)81-57-29-31-59-85(81)102(87)94-78(67-38-14-3-15-39-67)54-33-55-79(94)68-40-16-4-17-41-68/h1-64H. The van der Waals surface area contributed by atoms with Gasteiger partial charge in [0.15, 0.2) is 0 Å². The molecule has 20 rings (SSSR count). The van der Waals surface area contributed by atoms with Crippen LogP contribution in [0, 0.1) is 0 Å². The first-order valence-corrected chi connectivity index (χ1v) is 35.7. The van der Waals surface area contributed by atoms with E-state index in [-0.39, 0.29) is 13.4 Å². The fourth-order valence-electron chi connectivity index (χ4n) is 16.8. The van der Waals surface area contributed by atoms with Crippen LogP contribution in [0.25, 0.3) is 55.6 Å². The second kappa shape index (κ2) is 25.3. The average Bonchev–Trinajstić information content (AvgIpc) is 0.686. The van der Waals surface area contributed by atoms with Crippen LogP contribution in [0.4, 0.5) is 68.2 Å². The van der Waals surface area contributed by atoms with E-state index in [0.717, 1.165) is 174 Å². The topological polar surface area (TPSA) is 31.4 Å². The van der Waals surface area contributed by atoms with E-state index in [0.29, 0.717) is 0 Å². The molecule has 0 amide bonds. The number of hydrogen-bond donors (Lipinski definition) is 0. The maximum absolute atomic E-state index is 8.42. The quantitative estimate of drug-likeness (QED) is 0.107. The SMILES string of the molecule is c1ccc(-c2cccc(-c3ccccc3)c2-c2c3c(cc4c2Oc2cc(N(c5ccccc5)c5ccccc5)cc5c2B4c2ccccc2N5c2c(-c4ccccc4)cccc2-c2ccccc2)B2c4ccccc4N(c4ccccc4)c4cc(N(c5ccccc5)c5ccccc5)cc(c42)O3)cc1. The van der Waals surface area contributed by atoms with Gasteiger partial charge in [-0.05, 0) is 151 Å². The second-order valence-corrected chi connectivity index (χ2v) is 26.9. The van der Waals surface area contributed by atoms with Crippen molar-refractivity contribution in [3.05, 3.63) is 388 Å². The molecular weight excluding hydrogens is 1260 g/mol. The molecule has 6 nitrogen and oxygen atoms in total. The number of ether oxygens (including phenoxy) is 2. The Labute approximate surface area is 606 Å². The monoisotopic (exact) mass is 1330 g/mol. The van der Waals surface area contributed by atoms with Crippen LogP contribution in [0.2, 0.25) is 0 Å². The molecule has 4 aliphatic rings. The molecule has 0 radical (unpaired) electrons. The fourth-order valence-corrected chi connectivity index (χ4v) is 16.8. The number of fused-ring (bicyclic) bond motifs is 8. The molecule has 0 saturated heterocycles. The third kappa shape index (κ3) is 9.97. The Morgan fingerprint density at radius 3 is 0.942 bits per heavy atom. The van der Waals surface area contributed by atoms with Gasteiger partial charge in [-0.2, -0.15) is 0 Å². The zero-order chi connectivity index (χ0) is 68.6. The van der Waals surface area contributed by atoms with Crippen LogP contribution in [0.3, 0.4) is 0 Å². The Hall–Kier alpha value is -13.6. The lowest BCUT2D eigenvalue weighted by atomic mass is 9.30. The van der Waals surface area contributed by atoms with Gasteiger partial charge in [0.05, 0.1) is 22.6 Å². The van der Waals surface area contributed by atoms with E-state index in [4.69, 9.17) is 9.47 Å². The number of para-hydroxylation sites is 8. The van der Waals surface area contributed by atoms with Gasteiger partial charge in [0.2, 0.25) is 0 Å². The summed E-state index contributed by atoms with van der Waals surface area (Å²) in [6, 6.07) is 141. The number of rotatable bonds is 13. The average molecular weight is 1330 g/mol. The molecule has 486 valence electrons. The predicted molar refractivity (Wildman–Crippen MR) is 435 cm³/mol. The Morgan fingerprint density at radius 1 is 0.231 bits per heavy atom. The van der Waals surface area contributed by atoms with Crippen molar-refractivity contribution in [1.82, 2.24) is 0 Å². The zero-order valence-corrected chi connectivity index (χ0v) is 56.7. The molecule has 8 heteroatoms. The smallest absolute Gasteiger partial charge is 0.256 e. The summed E-state index contributed by atoms with van der Waals surface area (Å²) >= 11 is 0. The lowest BCUT2D eigenvalue weighted by Gasteiger charge is -2.44. The highest BCUT2D eigenvalue weighted by atomic mass is 16.5. The molecule has 0 spiro atoms. The molecule has 0 saturated carbocycles. The van der Waals surface area contributed by atoms with Gasteiger partial charge in [-0.15, -0.1) is 0 Å². The molecule has 0 fully saturated rings. The van der Waals surface area contributed by atoms with E-state index in [1.54, 1.807) is 0 Å². The zero-order valence-electron chi connectivity index (χ0n) is 56.7. The predicted octanol–water partition coefficient (Wildman–Crippen LogP) is 21.8. The van der Waals surface area contributed by atoms with Crippen molar-refractivity contribution < 1.29 is 9.47 Å². The van der Waals surface area contributed by atoms with Crippen LogP contribution in [0.1, 0.15) is 0 Å². The summed E-state index contributed by atoms with van der Waals surface area (Å²) in [4.78, 5) is 9.74. The first kappa shape index (κ1) is 60.4. The molecule has 16 aromatic rings. The minimum Gasteiger partial charge on any atom is -0.457 e. The molecule has 0 aromatic heterocycles. The van der Waals surface area contributed by atoms with Crippen molar-refractivity contribution in [2.24, 2.45) is 0 Å². The summed E-state index contributed by atoms with van der Waals surface area (Å²) in [6.07, 6.45) is 0. The van der Waals surface area contributed by atoms with E-state index < -0.39 is 0 Å². The van der Waals surface area contributed by atoms with E-state index in [1.165, 1.54) is 5.46 Å². The Morgan fingerprint density at radius 2 is 0.548 bits per heavy atom. The van der Waals surface area contributed by atoms with Crippen LogP contribution in [-0.2, 0) is 0 Å². The Bertz CT molecular complexity index is 5750.